The van der Waals surface area contributed by atoms with Crippen molar-refractivity contribution in [1.29, 1.82) is 0 Å². The number of benzene rings is 1. The lowest BCUT2D eigenvalue weighted by atomic mass is 9.87. The minimum absolute atomic E-state index is 0.0367. The van der Waals surface area contributed by atoms with Crippen LogP contribution in [-0.2, 0) is 9.47 Å². The Hall–Kier alpha value is -1.30. The fourth-order valence-electron chi connectivity index (χ4n) is 3.62. The summed E-state index contributed by atoms with van der Waals surface area (Å²) in [4.78, 5) is 6.79. The van der Waals surface area contributed by atoms with E-state index in [2.05, 4.69) is 15.2 Å². The van der Waals surface area contributed by atoms with Crippen LogP contribution in [0.3, 0.4) is 0 Å². The van der Waals surface area contributed by atoms with Crippen molar-refractivity contribution in [2.45, 2.75) is 18.9 Å². The summed E-state index contributed by atoms with van der Waals surface area (Å²) in [5, 5.41) is 4.19. The number of likely N-dealkylation sites (tertiary alicyclic amines) is 1. The van der Waals surface area contributed by atoms with Crippen molar-refractivity contribution in [2.24, 2.45) is 10.4 Å². The average molecular weight is 352 g/mol. The molecule has 24 heavy (non-hydrogen) atoms. The molecule has 1 N–H and O–H groups in total. The van der Waals surface area contributed by atoms with Gasteiger partial charge in [-0.05, 0) is 30.5 Å². The number of methoxy groups -OCH3 is 1. The van der Waals surface area contributed by atoms with E-state index in [4.69, 9.17) is 21.1 Å². The van der Waals surface area contributed by atoms with Crippen molar-refractivity contribution >= 4 is 17.6 Å². The Labute approximate surface area is 149 Å². The van der Waals surface area contributed by atoms with Crippen LogP contribution in [0.25, 0.3) is 0 Å². The summed E-state index contributed by atoms with van der Waals surface area (Å²) >= 11 is 5.96. The van der Waals surface area contributed by atoms with Crippen molar-refractivity contribution in [3.63, 3.8) is 0 Å². The van der Waals surface area contributed by atoms with Crippen LogP contribution in [0.2, 0.25) is 5.02 Å². The number of hydrogen-bond acceptors (Lipinski definition) is 3. The van der Waals surface area contributed by atoms with E-state index in [1.54, 1.807) is 7.11 Å². The first kappa shape index (κ1) is 17.5. The van der Waals surface area contributed by atoms with E-state index in [9.17, 15) is 0 Å². The topological polar surface area (TPSA) is 46.1 Å². The molecule has 0 amide bonds. The molecule has 2 heterocycles. The molecular weight excluding hydrogens is 326 g/mol. The number of nitrogens with one attached hydrogen (secondary N) is 1. The highest BCUT2D eigenvalue weighted by Crippen LogP contribution is 2.38. The molecule has 2 aliphatic rings. The van der Waals surface area contributed by atoms with Crippen molar-refractivity contribution in [2.75, 3.05) is 47.0 Å². The predicted octanol–water partition coefficient (Wildman–Crippen LogP) is 2.72. The van der Waals surface area contributed by atoms with Crippen molar-refractivity contribution in [3.8, 4) is 0 Å². The van der Waals surface area contributed by atoms with E-state index in [-0.39, 0.29) is 6.10 Å². The molecule has 5 nitrogen and oxygen atoms in total. The zero-order chi connectivity index (χ0) is 17.0. The lowest BCUT2D eigenvalue weighted by Gasteiger charge is -2.26. The van der Waals surface area contributed by atoms with Gasteiger partial charge in [0.2, 0.25) is 0 Å². The van der Waals surface area contributed by atoms with Crippen LogP contribution in [0.1, 0.15) is 24.5 Å². The Morgan fingerprint density at radius 1 is 1.42 bits per heavy atom. The zero-order valence-electron chi connectivity index (χ0n) is 14.4. The van der Waals surface area contributed by atoms with E-state index >= 15 is 0 Å². The van der Waals surface area contributed by atoms with Crippen molar-refractivity contribution < 1.29 is 9.47 Å². The highest BCUT2D eigenvalue weighted by atomic mass is 35.5. The number of nitrogens with zero attached hydrogens (tertiary/aromatic N) is 2. The van der Waals surface area contributed by atoms with E-state index in [1.165, 1.54) is 6.42 Å². The number of ether oxygens (including phenoxy) is 2. The molecule has 0 bridgehead atoms. The van der Waals surface area contributed by atoms with Crippen molar-refractivity contribution in [1.82, 2.24) is 10.2 Å². The Bertz CT molecular complexity index is 570. The summed E-state index contributed by atoms with van der Waals surface area (Å²) in [7, 11) is 3.56. The maximum Gasteiger partial charge on any atom is 0.193 e. The molecule has 2 atom stereocenters. The van der Waals surface area contributed by atoms with Gasteiger partial charge in [0, 0.05) is 50.8 Å². The van der Waals surface area contributed by atoms with Crippen LogP contribution in [0.4, 0.5) is 0 Å². The predicted molar refractivity (Wildman–Crippen MR) is 96.6 cm³/mol. The smallest absolute Gasteiger partial charge is 0.193 e. The number of aliphatic imine (C=N–C) groups is 1. The number of hydrogen-bond donors (Lipinski definition) is 1. The third-order valence-electron chi connectivity index (χ3n) is 5.11. The van der Waals surface area contributed by atoms with Crippen LogP contribution in [0, 0.1) is 5.41 Å². The van der Waals surface area contributed by atoms with Crippen LogP contribution in [-0.4, -0.2) is 57.9 Å². The molecule has 6 heteroatoms. The maximum atomic E-state index is 5.96. The van der Waals surface area contributed by atoms with E-state index in [1.807, 2.05) is 31.3 Å². The fourth-order valence-corrected chi connectivity index (χ4v) is 3.74. The van der Waals surface area contributed by atoms with Gasteiger partial charge in [-0.2, -0.15) is 0 Å². The monoisotopic (exact) mass is 351 g/mol. The number of guanidine groups is 1. The van der Waals surface area contributed by atoms with E-state index < -0.39 is 0 Å². The minimum atomic E-state index is -0.0367. The second kappa shape index (κ2) is 7.72. The highest BCUT2D eigenvalue weighted by Gasteiger charge is 2.42. The minimum Gasteiger partial charge on any atom is -0.381 e. The molecule has 0 aromatic heterocycles. The zero-order valence-corrected chi connectivity index (χ0v) is 15.2. The quantitative estimate of drug-likeness (QED) is 0.669. The number of halogens is 1. The summed E-state index contributed by atoms with van der Waals surface area (Å²) < 4.78 is 11.2. The lowest BCUT2D eigenvalue weighted by molar-refractivity contribution is 0.106. The van der Waals surface area contributed by atoms with Gasteiger partial charge in [0.05, 0.1) is 12.7 Å². The Balaban J connectivity index is 1.58. The normalized spacial score (nSPS) is 25.5. The summed E-state index contributed by atoms with van der Waals surface area (Å²) in [6.45, 7) is 4.49. The van der Waals surface area contributed by atoms with Gasteiger partial charge in [-0.1, -0.05) is 23.7 Å². The van der Waals surface area contributed by atoms with Crippen molar-refractivity contribution in [3.05, 3.63) is 34.9 Å². The first-order valence-electron chi connectivity index (χ1n) is 8.47. The molecule has 2 saturated heterocycles. The summed E-state index contributed by atoms with van der Waals surface area (Å²) in [5.74, 6) is 0.940. The Morgan fingerprint density at radius 3 is 2.83 bits per heavy atom. The molecule has 2 aliphatic heterocycles. The first-order valence-corrected chi connectivity index (χ1v) is 8.85. The molecular formula is C18H26ClN3O2. The van der Waals surface area contributed by atoms with Gasteiger partial charge >= 0.3 is 0 Å². The van der Waals surface area contributed by atoms with Crippen LogP contribution in [0.15, 0.2) is 29.3 Å². The molecule has 1 spiro atoms. The molecule has 1 aromatic carbocycles. The maximum absolute atomic E-state index is 5.96. The fraction of sp³-hybridized carbons (Fsp3) is 0.611. The molecule has 2 unspecified atom stereocenters. The van der Waals surface area contributed by atoms with Gasteiger partial charge in [-0.3, -0.25) is 4.99 Å². The largest absolute Gasteiger partial charge is 0.381 e. The number of rotatable bonds is 4. The molecule has 3 rings (SSSR count). The summed E-state index contributed by atoms with van der Waals surface area (Å²) in [5.41, 5.74) is 1.43. The molecule has 1 aromatic rings. The second-order valence-electron chi connectivity index (χ2n) is 6.68. The first-order chi connectivity index (χ1) is 11.7. The van der Waals surface area contributed by atoms with Gasteiger partial charge in [-0.15, -0.1) is 0 Å². The summed E-state index contributed by atoms with van der Waals surface area (Å²) in [6.07, 6.45) is 2.30. The van der Waals surface area contributed by atoms with E-state index in [0.29, 0.717) is 12.0 Å². The standard InChI is InChI=1S/C18H26ClN3O2/c1-20-17(22-9-7-18(12-22)8-10-24-13-18)21-11-16(23-2)14-3-5-15(19)6-4-14/h3-6,16H,7-13H2,1-2H3,(H,20,21). The van der Waals surface area contributed by atoms with Gasteiger partial charge in [0.15, 0.2) is 5.96 Å². The molecule has 132 valence electrons. The molecule has 0 aliphatic carbocycles. The third kappa shape index (κ3) is 3.85. The second-order valence-corrected chi connectivity index (χ2v) is 7.11. The molecule has 0 radical (unpaired) electrons. The van der Waals surface area contributed by atoms with E-state index in [0.717, 1.165) is 49.3 Å². The van der Waals surface area contributed by atoms with Gasteiger partial charge < -0.3 is 19.7 Å². The highest BCUT2D eigenvalue weighted by molar-refractivity contribution is 6.30. The van der Waals surface area contributed by atoms with Gasteiger partial charge in [-0.25, -0.2) is 0 Å². The van der Waals surface area contributed by atoms with Crippen LogP contribution in [0.5, 0.6) is 0 Å². The third-order valence-corrected chi connectivity index (χ3v) is 5.36. The van der Waals surface area contributed by atoms with Gasteiger partial charge in [0.1, 0.15) is 0 Å². The Kier molecular flexibility index (Phi) is 5.64. The SMILES string of the molecule is CN=C(NCC(OC)c1ccc(Cl)cc1)N1CCC2(CCOC2)C1. The Morgan fingerprint density at radius 2 is 2.21 bits per heavy atom. The van der Waals surface area contributed by atoms with Gasteiger partial charge in [0.25, 0.3) is 0 Å². The lowest BCUT2D eigenvalue weighted by Crippen LogP contribution is -2.43. The molecule has 0 saturated carbocycles. The average Bonchev–Trinajstić information content (AvgIpc) is 3.23. The van der Waals surface area contributed by atoms with Crippen LogP contribution < -0.4 is 5.32 Å². The summed E-state index contributed by atoms with van der Waals surface area (Å²) in [6, 6.07) is 7.79. The molecule has 2 fully saturated rings. The van der Waals surface area contributed by atoms with Crippen LogP contribution >= 0.6 is 11.6 Å².